The van der Waals surface area contributed by atoms with Crippen LogP contribution in [0.3, 0.4) is 0 Å². The number of nitrogens with one attached hydrogen (secondary N) is 1. The topological polar surface area (TPSA) is 52.5 Å². The van der Waals surface area contributed by atoms with Gasteiger partial charge in [-0.2, -0.15) is 10.4 Å². The molecule has 0 aliphatic carbocycles. The molecule has 1 N–H and O–H groups in total. The third-order valence-electron chi connectivity index (χ3n) is 1.97. The Morgan fingerprint density at radius 2 is 2.13 bits per heavy atom. The summed E-state index contributed by atoms with van der Waals surface area (Å²) < 4.78 is 0.593. The minimum Gasteiger partial charge on any atom is -0.267 e. The second-order valence-corrected chi connectivity index (χ2v) is 3.44. The van der Waals surface area contributed by atoms with Gasteiger partial charge in [0.1, 0.15) is 4.64 Å². The van der Waals surface area contributed by atoms with Crippen LogP contribution in [0.25, 0.3) is 11.3 Å². The van der Waals surface area contributed by atoms with Gasteiger partial charge in [0.25, 0.3) is 0 Å². The molecule has 0 radical (unpaired) electrons. The minimum absolute atomic E-state index is 0.593. The van der Waals surface area contributed by atoms with Crippen LogP contribution in [0.15, 0.2) is 36.4 Å². The highest BCUT2D eigenvalue weighted by molar-refractivity contribution is 7.71. The van der Waals surface area contributed by atoms with E-state index in [2.05, 4.69) is 16.3 Å². The van der Waals surface area contributed by atoms with Gasteiger partial charge in [0.05, 0.1) is 17.3 Å². The predicted molar refractivity (Wildman–Crippen MR) is 59.6 cm³/mol. The van der Waals surface area contributed by atoms with Crippen LogP contribution < -0.4 is 0 Å². The maximum Gasteiger partial charge on any atom is 0.119 e. The molecule has 0 aliphatic heterocycles. The number of benzene rings is 1. The van der Waals surface area contributed by atoms with E-state index in [1.807, 2.05) is 18.2 Å². The third kappa shape index (κ3) is 2.09. The van der Waals surface area contributed by atoms with E-state index in [1.165, 1.54) is 0 Å². The zero-order valence-electron chi connectivity index (χ0n) is 7.77. The molecule has 1 heterocycles. The van der Waals surface area contributed by atoms with E-state index in [4.69, 9.17) is 17.5 Å². The van der Waals surface area contributed by atoms with E-state index in [1.54, 1.807) is 18.2 Å². The lowest BCUT2D eigenvalue weighted by atomic mass is 10.1. The molecule has 0 bridgehead atoms. The number of aromatic amines is 1. The van der Waals surface area contributed by atoms with Gasteiger partial charge in [-0.1, -0.05) is 24.4 Å². The fourth-order valence-corrected chi connectivity index (χ4v) is 1.37. The quantitative estimate of drug-likeness (QED) is 0.741. The summed E-state index contributed by atoms with van der Waals surface area (Å²) in [4.78, 5) is 0. The lowest BCUT2D eigenvalue weighted by Crippen LogP contribution is -1.87. The first-order chi connectivity index (χ1) is 7.29. The van der Waals surface area contributed by atoms with Crippen LogP contribution in [0.5, 0.6) is 0 Å². The summed E-state index contributed by atoms with van der Waals surface area (Å²) in [5.74, 6) is 0. The van der Waals surface area contributed by atoms with Crippen LogP contribution in [-0.4, -0.2) is 10.2 Å². The van der Waals surface area contributed by atoms with E-state index in [0.717, 1.165) is 11.3 Å². The Hall–Kier alpha value is -1.99. The molecule has 2 rings (SSSR count). The predicted octanol–water partition coefficient (Wildman–Crippen LogP) is 2.68. The fraction of sp³-hybridized carbons (Fsp3) is 0. The summed E-state index contributed by atoms with van der Waals surface area (Å²) in [6.45, 7) is 0. The van der Waals surface area contributed by atoms with Crippen molar-refractivity contribution in [1.29, 1.82) is 5.26 Å². The number of hydrogen-bond acceptors (Lipinski definition) is 3. The second-order valence-electron chi connectivity index (χ2n) is 3.00. The molecule has 0 spiro atoms. The van der Waals surface area contributed by atoms with E-state index < -0.39 is 0 Å². The van der Waals surface area contributed by atoms with Gasteiger partial charge in [0.15, 0.2) is 0 Å². The average molecular weight is 213 g/mol. The molecule has 4 heteroatoms. The van der Waals surface area contributed by atoms with Crippen molar-refractivity contribution in [2.24, 2.45) is 0 Å². The number of rotatable bonds is 1. The van der Waals surface area contributed by atoms with Crippen LogP contribution in [0.1, 0.15) is 5.56 Å². The summed E-state index contributed by atoms with van der Waals surface area (Å²) in [6.07, 6.45) is 0. The number of H-pyrrole nitrogens is 1. The van der Waals surface area contributed by atoms with Crippen LogP contribution in [0, 0.1) is 16.0 Å². The van der Waals surface area contributed by atoms with Crippen molar-refractivity contribution in [2.45, 2.75) is 0 Å². The molecule has 0 atom stereocenters. The summed E-state index contributed by atoms with van der Waals surface area (Å²) in [6, 6.07) is 13.0. The zero-order chi connectivity index (χ0) is 10.7. The van der Waals surface area contributed by atoms with Crippen LogP contribution in [0.2, 0.25) is 0 Å². The number of aromatic nitrogens is 2. The Bertz CT molecular complexity index is 560. The molecule has 0 amide bonds. The number of nitrogens with zero attached hydrogens (tertiary/aromatic N) is 2. The maximum absolute atomic E-state index is 8.76. The largest absolute Gasteiger partial charge is 0.267 e. The lowest BCUT2D eigenvalue weighted by molar-refractivity contribution is 1.02. The first-order valence-corrected chi connectivity index (χ1v) is 4.77. The Kier molecular flexibility index (Phi) is 2.57. The second kappa shape index (κ2) is 4.03. The molecule has 0 saturated carbocycles. The molecule has 15 heavy (non-hydrogen) atoms. The molecule has 1 aromatic carbocycles. The number of nitriles is 1. The fourth-order valence-electron chi connectivity index (χ4n) is 1.25. The van der Waals surface area contributed by atoms with Gasteiger partial charge < -0.3 is 0 Å². The zero-order valence-corrected chi connectivity index (χ0v) is 8.58. The van der Waals surface area contributed by atoms with Gasteiger partial charge >= 0.3 is 0 Å². The van der Waals surface area contributed by atoms with Gasteiger partial charge in [-0.05, 0) is 24.3 Å². The van der Waals surface area contributed by atoms with Crippen LogP contribution in [-0.2, 0) is 0 Å². The Morgan fingerprint density at radius 1 is 1.27 bits per heavy atom. The van der Waals surface area contributed by atoms with E-state index >= 15 is 0 Å². The highest BCUT2D eigenvalue weighted by Crippen LogP contribution is 2.16. The van der Waals surface area contributed by atoms with Crippen molar-refractivity contribution in [3.63, 3.8) is 0 Å². The van der Waals surface area contributed by atoms with Gasteiger partial charge in [-0.25, -0.2) is 0 Å². The molecule has 1 aromatic heterocycles. The normalized spacial score (nSPS) is 9.53. The van der Waals surface area contributed by atoms with Crippen molar-refractivity contribution in [1.82, 2.24) is 10.2 Å². The number of hydrogen-bond donors (Lipinski definition) is 1. The maximum atomic E-state index is 8.76. The van der Waals surface area contributed by atoms with Gasteiger partial charge in [0.2, 0.25) is 0 Å². The Balaban J connectivity index is 2.50. The highest BCUT2D eigenvalue weighted by atomic mass is 32.1. The minimum atomic E-state index is 0.593. The van der Waals surface area contributed by atoms with E-state index in [9.17, 15) is 0 Å². The van der Waals surface area contributed by atoms with Crippen molar-refractivity contribution in [3.8, 4) is 17.3 Å². The van der Waals surface area contributed by atoms with Crippen molar-refractivity contribution in [2.75, 3.05) is 0 Å². The molecule has 72 valence electrons. The van der Waals surface area contributed by atoms with E-state index in [0.29, 0.717) is 10.2 Å². The molecule has 3 nitrogen and oxygen atoms in total. The Labute approximate surface area is 92.0 Å². The first kappa shape index (κ1) is 9.56. The van der Waals surface area contributed by atoms with Gasteiger partial charge in [-0.15, -0.1) is 0 Å². The molecule has 2 aromatic rings. The molecule has 0 fully saturated rings. The molecule has 0 saturated heterocycles. The Morgan fingerprint density at radius 3 is 2.80 bits per heavy atom. The highest BCUT2D eigenvalue weighted by Gasteiger charge is 1.99. The SMILES string of the molecule is N#Cc1cccc(-c2ccc(=S)[nH]n2)c1. The van der Waals surface area contributed by atoms with Crippen LogP contribution in [0.4, 0.5) is 0 Å². The van der Waals surface area contributed by atoms with Gasteiger partial charge in [0, 0.05) is 5.56 Å². The summed E-state index contributed by atoms with van der Waals surface area (Å²) in [7, 11) is 0. The molecule has 0 aliphatic rings. The monoisotopic (exact) mass is 213 g/mol. The summed E-state index contributed by atoms with van der Waals surface area (Å²) in [5, 5.41) is 15.6. The summed E-state index contributed by atoms with van der Waals surface area (Å²) >= 11 is 4.90. The van der Waals surface area contributed by atoms with E-state index in [-0.39, 0.29) is 0 Å². The van der Waals surface area contributed by atoms with Crippen molar-refractivity contribution >= 4 is 12.2 Å². The smallest absolute Gasteiger partial charge is 0.119 e. The van der Waals surface area contributed by atoms with Crippen molar-refractivity contribution < 1.29 is 0 Å². The lowest BCUT2D eigenvalue weighted by Gasteiger charge is -1.99. The average Bonchev–Trinajstić information content (AvgIpc) is 2.30. The molecular weight excluding hydrogens is 206 g/mol. The van der Waals surface area contributed by atoms with Crippen LogP contribution >= 0.6 is 12.2 Å². The third-order valence-corrected chi connectivity index (χ3v) is 2.19. The van der Waals surface area contributed by atoms with Gasteiger partial charge in [-0.3, -0.25) is 5.10 Å². The van der Waals surface area contributed by atoms with Crippen molar-refractivity contribution in [3.05, 3.63) is 46.6 Å². The molecular formula is C11H7N3S. The summed E-state index contributed by atoms with van der Waals surface area (Å²) in [5.41, 5.74) is 2.30. The standard InChI is InChI=1S/C11H7N3S/c12-7-8-2-1-3-9(6-8)10-4-5-11(15)14-13-10/h1-6H,(H,14,15). The first-order valence-electron chi connectivity index (χ1n) is 4.36. The molecule has 0 unspecified atom stereocenters.